The molecule has 1 saturated heterocycles. The van der Waals surface area contributed by atoms with Gasteiger partial charge in [-0.15, -0.1) is 0 Å². The van der Waals surface area contributed by atoms with E-state index in [1.54, 1.807) is 0 Å². The van der Waals surface area contributed by atoms with Gasteiger partial charge in [0.15, 0.2) is 0 Å². The summed E-state index contributed by atoms with van der Waals surface area (Å²) < 4.78 is 5.41. The molecule has 2 aromatic carbocycles. The van der Waals surface area contributed by atoms with E-state index in [9.17, 15) is 0 Å². The third kappa shape index (κ3) is 1.42. The molecule has 3 rings (SSSR count). The third-order valence-corrected chi connectivity index (χ3v) is 2.89. The standard InChI is InChI=1S/C13H12O2/c14-8-12-13(15-12)11-7-3-5-9-4-1-2-6-10(9)11/h1-7,12-14H,8H2. The molecule has 0 bridgehead atoms. The van der Waals surface area contributed by atoms with Crippen molar-refractivity contribution in [3.8, 4) is 0 Å². The van der Waals surface area contributed by atoms with Crippen LogP contribution in [-0.4, -0.2) is 17.8 Å². The second-order valence-electron chi connectivity index (χ2n) is 3.85. The van der Waals surface area contributed by atoms with Gasteiger partial charge in [-0.3, -0.25) is 0 Å². The zero-order valence-corrected chi connectivity index (χ0v) is 8.26. The number of aliphatic hydroxyl groups excluding tert-OH is 1. The fourth-order valence-corrected chi connectivity index (χ4v) is 2.05. The van der Waals surface area contributed by atoms with Crippen LogP contribution in [0.4, 0.5) is 0 Å². The maximum Gasteiger partial charge on any atom is 0.112 e. The molecule has 1 heterocycles. The van der Waals surface area contributed by atoms with Crippen LogP contribution in [0.2, 0.25) is 0 Å². The number of hydrogen-bond donors (Lipinski definition) is 1. The normalized spacial score (nSPS) is 24.3. The molecule has 0 amide bonds. The van der Waals surface area contributed by atoms with Crippen molar-refractivity contribution in [3.63, 3.8) is 0 Å². The Morgan fingerprint density at radius 1 is 1.07 bits per heavy atom. The number of ether oxygens (including phenoxy) is 1. The zero-order chi connectivity index (χ0) is 10.3. The lowest BCUT2D eigenvalue weighted by atomic mass is 10.0. The molecule has 0 aromatic heterocycles. The van der Waals surface area contributed by atoms with E-state index in [0.29, 0.717) is 0 Å². The molecule has 2 heteroatoms. The Morgan fingerprint density at radius 2 is 1.87 bits per heavy atom. The number of rotatable bonds is 2. The van der Waals surface area contributed by atoms with Gasteiger partial charge >= 0.3 is 0 Å². The van der Waals surface area contributed by atoms with Crippen LogP contribution in [0.1, 0.15) is 11.7 Å². The first-order valence-corrected chi connectivity index (χ1v) is 5.14. The van der Waals surface area contributed by atoms with Crippen molar-refractivity contribution in [2.75, 3.05) is 6.61 Å². The molecule has 2 atom stereocenters. The molecule has 0 saturated carbocycles. The molecule has 0 spiro atoms. The first-order valence-electron chi connectivity index (χ1n) is 5.14. The SMILES string of the molecule is OCC1OC1c1cccc2ccccc12. The second kappa shape index (κ2) is 3.33. The number of benzene rings is 2. The Bertz CT molecular complexity index is 487. The molecule has 2 aromatic rings. The topological polar surface area (TPSA) is 32.8 Å². The Hall–Kier alpha value is -1.38. The van der Waals surface area contributed by atoms with E-state index >= 15 is 0 Å². The van der Waals surface area contributed by atoms with Crippen LogP contribution in [-0.2, 0) is 4.74 Å². The van der Waals surface area contributed by atoms with Crippen LogP contribution >= 0.6 is 0 Å². The van der Waals surface area contributed by atoms with Crippen molar-refractivity contribution < 1.29 is 9.84 Å². The van der Waals surface area contributed by atoms with Crippen LogP contribution < -0.4 is 0 Å². The molecule has 0 radical (unpaired) electrons. The van der Waals surface area contributed by atoms with Gasteiger partial charge in [0.05, 0.1) is 6.61 Å². The largest absolute Gasteiger partial charge is 0.394 e. The first-order chi connectivity index (χ1) is 7.40. The van der Waals surface area contributed by atoms with Crippen LogP contribution in [0.3, 0.4) is 0 Å². The van der Waals surface area contributed by atoms with Gasteiger partial charge in [-0.25, -0.2) is 0 Å². The molecule has 1 N–H and O–H groups in total. The number of fused-ring (bicyclic) bond motifs is 1. The maximum absolute atomic E-state index is 8.98. The molecule has 1 aliphatic rings. The smallest absolute Gasteiger partial charge is 0.112 e. The van der Waals surface area contributed by atoms with Gasteiger partial charge in [0.1, 0.15) is 12.2 Å². The first kappa shape index (κ1) is 8.89. The summed E-state index contributed by atoms with van der Waals surface area (Å²) in [4.78, 5) is 0. The minimum absolute atomic E-state index is 0.00388. The average Bonchev–Trinajstić information content (AvgIpc) is 3.07. The van der Waals surface area contributed by atoms with E-state index in [1.807, 2.05) is 18.2 Å². The summed E-state index contributed by atoms with van der Waals surface area (Å²) in [5, 5.41) is 11.4. The monoisotopic (exact) mass is 200 g/mol. The number of epoxide rings is 1. The molecule has 76 valence electrons. The molecule has 0 aliphatic carbocycles. The molecule has 1 aliphatic heterocycles. The lowest BCUT2D eigenvalue weighted by Gasteiger charge is -2.02. The minimum Gasteiger partial charge on any atom is -0.394 e. The van der Waals surface area contributed by atoms with Gasteiger partial charge in [0, 0.05) is 0 Å². The highest BCUT2D eigenvalue weighted by atomic mass is 16.6. The summed E-state index contributed by atoms with van der Waals surface area (Å²) in [6.45, 7) is 0.105. The Balaban J connectivity index is 2.11. The fourth-order valence-electron chi connectivity index (χ4n) is 2.05. The maximum atomic E-state index is 8.98. The van der Waals surface area contributed by atoms with Crippen molar-refractivity contribution in [2.45, 2.75) is 12.2 Å². The Labute approximate surface area is 88.1 Å². The predicted octanol–water partition coefficient (Wildman–Crippen LogP) is 2.27. The van der Waals surface area contributed by atoms with Crippen molar-refractivity contribution in [2.24, 2.45) is 0 Å². The highest BCUT2D eigenvalue weighted by Crippen LogP contribution is 2.41. The molecule has 2 unspecified atom stereocenters. The summed E-state index contributed by atoms with van der Waals surface area (Å²) in [5.41, 5.74) is 1.19. The van der Waals surface area contributed by atoms with E-state index in [-0.39, 0.29) is 18.8 Å². The molecular weight excluding hydrogens is 188 g/mol. The molecular formula is C13H12O2. The van der Waals surface area contributed by atoms with E-state index in [2.05, 4.69) is 24.3 Å². The summed E-state index contributed by atoms with van der Waals surface area (Å²) in [6.07, 6.45) is 0.0805. The number of hydrogen-bond acceptors (Lipinski definition) is 2. The minimum atomic E-state index is -0.00388. The van der Waals surface area contributed by atoms with Crippen LogP contribution in [0.25, 0.3) is 10.8 Å². The lowest BCUT2D eigenvalue weighted by Crippen LogP contribution is -1.94. The zero-order valence-electron chi connectivity index (χ0n) is 8.26. The Morgan fingerprint density at radius 3 is 2.67 bits per heavy atom. The van der Waals surface area contributed by atoms with E-state index < -0.39 is 0 Å². The lowest BCUT2D eigenvalue weighted by molar-refractivity contribution is 0.242. The van der Waals surface area contributed by atoms with Gasteiger partial charge < -0.3 is 9.84 Å². The van der Waals surface area contributed by atoms with Crippen molar-refractivity contribution >= 4 is 10.8 Å². The Kier molecular flexibility index (Phi) is 1.97. The summed E-state index contributed by atoms with van der Waals surface area (Å²) in [7, 11) is 0. The highest BCUT2D eigenvalue weighted by Gasteiger charge is 2.40. The van der Waals surface area contributed by atoms with Crippen molar-refractivity contribution in [1.29, 1.82) is 0 Å². The van der Waals surface area contributed by atoms with Gasteiger partial charge in [-0.05, 0) is 16.3 Å². The van der Waals surface area contributed by atoms with E-state index in [4.69, 9.17) is 9.84 Å². The summed E-state index contributed by atoms with van der Waals surface area (Å²) in [5.74, 6) is 0. The van der Waals surface area contributed by atoms with E-state index in [1.165, 1.54) is 16.3 Å². The van der Waals surface area contributed by atoms with Gasteiger partial charge in [-0.1, -0.05) is 42.5 Å². The van der Waals surface area contributed by atoms with Crippen LogP contribution in [0.5, 0.6) is 0 Å². The van der Waals surface area contributed by atoms with Gasteiger partial charge in [0.2, 0.25) is 0 Å². The van der Waals surface area contributed by atoms with Crippen molar-refractivity contribution in [3.05, 3.63) is 48.0 Å². The fraction of sp³-hybridized carbons (Fsp3) is 0.231. The van der Waals surface area contributed by atoms with E-state index in [0.717, 1.165) is 0 Å². The molecule has 2 nitrogen and oxygen atoms in total. The van der Waals surface area contributed by atoms with Crippen molar-refractivity contribution in [1.82, 2.24) is 0 Å². The summed E-state index contributed by atoms with van der Waals surface area (Å²) in [6, 6.07) is 14.5. The molecule has 1 fully saturated rings. The average molecular weight is 200 g/mol. The van der Waals surface area contributed by atoms with Crippen LogP contribution in [0.15, 0.2) is 42.5 Å². The van der Waals surface area contributed by atoms with Gasteiger partial charge in [0.25, 0.3) is 0 Å². The summed E-state index contributed by atoms with van der Waals surface area (Å²) >= 11 is 0. The number of aliphatic hydroxyl groups is 1. The quantitative estimate of drug-likeness (QED) is 0.754. The third-order valence-electron chi connectivity index (χ3n) is 2.89. The van der Waals surface area contributed by atoms with Gasteiger partial charge in [-0.2, -0.15) is 0 Å². The van der Waals surface area contributed by atoms with Crippen LogP contribution in [0, 0.1) is 0 Å². The predicted molar refractivity (Wildman–Crippen MR) is 58.6 cm³/mol. The highest BCUT2D eigenvalue weighted by molar-refractivity contribution is 5.86. The molecule has 15 heavy (non-hydrogen) atoms. The second-order valence-corrected chi connectivity index (χ2v) is 3.85.